The van der Waals surface area contributed by atoms with Crippen molar-refractivity contribution in [3.05, 3.63) is 68.5 Å². The van der Waals surface area contributed by atoms with Crippen LogP contribution in [0.25, 0.3) is 6.08 Å². The molecule has 9 heteroatoms. The Balaban J connectivity index is 1.48. The molecular weight excluding hydrogens is 471 g/mol. The van der Waals surface area contributed by atoms with Gasteiger partial charge in [0.05, 0.1) is 4.91 Å². The normalized spacial score (nSPS) is 17.5. The molecular formula is C23H20Cl2N2O4S. The number of halogens is 2. The molecule has 3 amide bonds. The third-order valence-electron chi connectivity index (χ3n) is 5.23. The van der Waals surface area contributed by atoms with E-state index in [1.54, 1.807) is 41.3 Å². The highest BCUT2D eigenvalue weighted by Gasteiger charge is 2.37. The fraction of sp³-hybridized carbons (Fsp3) is 0.261. The van der Waals surface area contributed by atoms with Crippen LogP contribution in [0.1, 0.15) is 24.0 Å². The number of hydrogen-bond acceptors (Lipinski definition) is 5. The number of carbonyl (C=O) groups is 3. The van der Waals surface area contributed by atoms with Crippen LogP contribution in [-0.2, 0) is 16.2 Å². The lowest BCUT2D eigenvalue weighted by molar-refractivity contribution is -0.135. The Kier molecular flexibility index (Phi) is 7.08. The zero-order valence-corrected chi connectivity index (χ0v) is 19.4. The first-order valence-electron chi connectivity index (χ1n) is 10.1. The Morgan fingerprint density at radius 1 is 1.09 bits per heavy atom. The second-order valence-corrected chi connectivity index (χ2v) is 9.25. The van der Waals surface area contributed by atoms with Crippen molar-refractivity contribution < 1.29 is 19.1 Å². The summed E-state index contributed by atoms with van der Waals surface area (Å²) >= 11 is 13.0. The number of carbonyl (C=O) groups excluding carboxylic acids is 3. The molecule has 0 aliphatic carbocycles. The summed E-state index contributed by atoms with van der Waals surface area (Å²) in [6.07, 6.45) is 3.52. The first kappa shape index (κ1) is 22.7. The minimum atomic E-state index is -0.469. The Morgan fingerprint density at radius 3 is 2.59 bits per heavy atom. The molecule has 2 heterocycles. The topological polar surface area (TPSA) is 66.9 Å². The van der Waals surface area contributed by atoms with Gasteiger partial charge in [0, 0.05) is 34.3 Å². The minimum absolute atomic E-state index is 0.199. The molecule has 2 fully saturated rings. The summed E-state index contributed by atoms with van der Waals surface area (Å²) in [7, 11) is 0. The number of ether oxygens (including phenoxy) is 1. The van der Waals surface area contributed by atoms with Gasteiger partial charge in [-0.05, 0) is 48.9 Å². The van der Waals surface area contributed by atoms with Crippen LogP contribution in [0.15, 0.2) is 47.4 Å². The largest absolute Gasteiger partial charge is 0.488 e. The SMILES string of the molecule is O=C(CN1C(=O)S/C(=C/c2ccccc2OCc2ccc(Cl)cc2Cl)C1=O)N1CCCC1. The first-order valence-corrected chi connectivity index (χ1v) is 11.7. The van der Waals surface area contributed by atoms with Gasteiger partial charge in [-0.25, -0.2) is 0 Å². The van der Waals surface area contributed by atoms with E-state index in [4.69, 9.17) is 27.9 Å². The minimum Gasteiger partial charge on any atom is -0.488 e. The Morgan fingerprint density at radius 2 is 1.84 bits per heavy atom. The molecule has 32 heavy (non-hydrogen) atoms. The van der Waals surface area contributed by atoms with Crippen molar-refractivity contribution in [3.8, 4) is 5.75 Å². The number of likely N-dealkylation sites (tertiary alicyclic amines) is 1. The van der Waals surface area contributed by atoms with Gasteiger partial charge in [-0.2, -0.15) is 0 Å². The molecule has 0 unspecified atom stereocenters. The van der Waals surface area contributed by atoms with Crippen LogP contribution in [0.4, 0.5) is 4.79 Å². The van der Waals surface area contributed by atoms with E-state index in [0.717, 1.165) is 35.1 Å². The maximum Gasteiger partial charge on any atom is 0.294 e. The van der Waals surface area contributed by atoms with Crippen molar-refractivity contribution in [2.24, 2.45) is 0 Å². The van der Waals surface area contributed by atoms with Crippen LogP contribution in [0.5, 0.6) is 5.75 Å². The maximum absolute atomic E-state index is 12.8. The molecule has 166 valence electrons. The van der Waals surface area contributed by atoms with E-state index in [2.05, 4.69) is 0 Å². The summed E-state index contributed by atoms with van der Waals surface area (Å²) in [6, 6.07) is 12.4. The first-order chi connectivity index (χ1) is 15.4. The zero-order chi connectivity index (χ0) is 22.7. The van der Waals surface area contributed by atoms with E-state index >= 15 is 0 Å². The molecule has 4 rings (SSSR count). The summed E-state index contributed by atoms with van der Waals surface area (Å²) < 4.78 is 5.92. The highest BCUT2D eigenvalue weighted by molar-refractivity contribution is 8.18. The number of rotatable bonds is 6. The molecule has 2 aromatic rings. The lowest BCUT2D eigenvalue weighted by Crippen LogP contribution is -2.40. The Hall–Kier alpha value is -2.48. The van der Waals surface area contributed by atoms with E-state index in [-0.39, 0.29) is 24.0 Å². The molecule has 0 saturated carbocycles. The molecule has 2 aromatic carbocycles. The van der Waals surface area contributed by atoms with Crippen molar-refractivity contribution >= 4 is 58.1 Å². The van der Waals surface area contributed by atoms with Gasteiger partial charge < -0.3 is 9.64 Å². The van der Waals surface area contributed by atoms with Crippen LogP contribution in [0.2, 0.25) is 10.0 Å². The van der Waals surface area contributed by atoms with Crippen molar-refractivity contribution in [3.63, 3.8) is 0 Å². The Bertz CT molecular complexity index is 1100. The molecule has 0 spiro atoms. The molecule has 0 radical (unpaired) electrons. The zero-order valence-electron chi connectivity index (χ0n) is 17.1. The van der Waals surface area contributed by atoms with Gasteiger partial charge in [0.25, 0.3) is 11.1 Å². The lowest BCUT2D eigenvalue weighted by Gasteiger charge is -2.18. The number of amides is 3. The van der Waals surface area contributed by atoms with Gasteiger partial charge >= 0.3 is 0 Å². The lowest BCUT2D eigenvalue weighted by atomic mass is 10.1. The van der Waals surface area contributed by atoms with Gasteiger partial charge in [-0.1, -0.05) is 47.5 Å². The summed E-state index contributed by atoms with van der Waals surface area (Å²) in [5, 5.41) is 0.594. The predicted molar refractivity (Wildman–Crippen MR) is 126 cm³/mol. The number of nitrogens with zero attached hydrogens (tertiary/aromatic N) is 2. The summed E-state index contributed by atoms with van der Waals surface area (Å²) in [5.41, 5.74) is 1.42. The third kappa shape index (κ3) is 5.11. The van der Waals surface area contributed by atoms with Crippen LogP contribution in [-0.4, -0.2) is 46.5 Å². The summed E-state index contributed by atoms with van der Waals surface area (Å²) in [5.74, 6) is -0.129. The summed E-state index contributed by atoms with van der Waals surface area (Å²) in [4.78, 5) is 40.6. The average molecular weight is 491 g/mol. The standard InChI is InChI=1S/C23H20Cl2N2O4S/c24-17-8-7-16(18(25)12-17)14-31-19-6-2-1-5-15(19)11-20-22(29)27(23(30)32-20)13-21(28)26-9-3-4-10-26/h1-2,5-8,11-12H,3-4,9-10,13-14H2/b20-11+. The highest BCUT2D eigenvalue weighted by atomic mass is 35.5. The van der Waals surface area contributed by atoms with Gasteiger partial charge in [0.1, 0.15) is 18.9 Å². The predicted octanol–water partition coefficient (Wildman–Crippen LogP) is 5.23. The van der Waals surface area contributed by atoms with Gasteiger partial charge in [0.15, 0.2) is 0 Å². The fourth-order valence-electron chi connectivity index (χ4n) is 3.50. The summed E-state index contributed by atoms with van der Waals surface area (Å²) in [6.45, 7) is 1.34. The molecule has 2 saturated heterocycles. The average Bonchev–Trinajstić information content (AvgIpc) is 3.39. The molecule has 6 nitrogen and oxygen atoms in total. The highest BCUT2D eigenvalue weighted by Crippen LogP contribution is 2.34. The van der Waals surface area contributed by atoms with Crippen LogP contribution in [0.3, 0.4) is 0 Å². The van der Waals surface area contributed by atoms with Crippen LogP contribution in [0, 0.1) is 0 Å². The van der Waals surface area contributed by atoms with Gasteiger partial charge in [-0.3, -0.25) is 19.3 Å². The Labute approximate surface area is 200 Å². The van der Waals surface area contributed by atoms with Gasteiger partial charge in [-0.15, -0.1) is 0 Å². The molecule has 2 aliphatic rings. The van der Waals surface area contributed by atoms with E-state index in [1.807, 2.05) is 12.1 Å². The van der Waals surface area contributed by atoms with Gasteiger partial charge in [0.2, 0.25) is 5.91 Å². The third-order valence-corrected chi connectivity index (χ3v) is 6.72. The van der Waals surface area contributed by atoms with E-state index < -0.39 is 11.1 Å². The molecule has 0 aromatic heterocycles. The maximum atomic E-state index is 12.8. The number of para-hydroxylation sites is 1. The van der Waals surface area contributed by atoms with Crippen molar-refractivity contribution in [2.75, 3.05) is 19.6 Å². The van der Waals surface area contributed by atoms with Crippen molar-refractivity contribution in [2.45, 2.75) is 19.4 Å². The second-order valence-electron chi connectivity index (χ2n) is 7.42. The van der Waals surface area contributed by atoms with Crippen LogP contribution >= 0.6 is 35.0 Å². The second kappa shape index (κ2) is 9.98. The smallest absolute Gasteiger partial charge is 0.294 e. The number of benzene rings is 2. The van der Waals surface area contributed by atoms with E-state index in [1.165, 1.54) is 0 Å². The molecule has 0 N–H and O–H groups in total. The monoisotopic (exact) mass is 490 g/mol. The number of imide groups is 1. The quantitative estimate of drug-likeness (QED) is 0.518. The van der Waals surface area contributed by atoms with E-state index in [0.29, 0.717) is 34.4 Å². The van der Waals surface area contributed by atoms with Crippen molar-refractivity contribution in [1.29, 1.82) is 0 Å². The van der Waals surface area contributed by atoms with Crippen LogP contribution < -0.4 is 4.74 Å². The van der Waals surface area contributed by atoms with E-state index in [9.17, 15) is 14.4 Å². The molecule has 2 aliphatic heterocycles. The number of thioether (sulfide) groups is 1. The molecule has 0 bridgehead atoms. The molecule has 0 atom stereocenters. The van der Waals surface area contributed by atoms with Crippen molar-refractivity contribution in [1.82, 2.24) is 9.80 Å². The fourth-order valence-corrected chi connectivity index (χ4v) is 4.80. The number of hydrogen-bond donors (Lipinski definition) is 0.